The Hall–Kier alpha value is -6.58. The van der Waals surface area contributed by atoms with Crippen LogP contribution >= 0.6 is 0 Å². The van der Waals surface area contributed by atoms with E-state index in [1.54, 1.807) is 11.1 Å². The fraction of sp³-hybridized carbons (Fsp3) is 0.193. The van der Waals surface area contributed by atoms with Crippen molar-refractivity contribution >= 4 is 54.4 Å². The van der Waals surface area contributed by atoms with Crippen LogP contribution in [0.3, 0.4) is 0 Å². The van der Waals surface area contributed by atoms with Gasteiger partial charge < -0.3 is 4.57 Å². The smallest absolute Gasteiger partial charge is 0.0979 e. The molecule has 0 radical (unpaired) electrons. The number of para-hydroxylation sites is 2. The van der Waals surface area contributed by atoms with Crippen molar-refractivity contribution in [3.63, 3.8) is 0 Å². The molecule has 0 N–H and O–H groups in total. The summed E-state index contributed by atoms with van der Waals surface area (Å²) in [4.78, 5) is 10.7. The van der Waals surface area contributed by atoms with E-state index in [2.05, 4.69) is 162 Å². The summed E-state index contributed by atoms with van der Waals surface area (Å²) in [6.07, 6.45) is 7.23. The normalized spacial score (nSPS) is 25.5. The highest BCUT2D eigenvalue weighted by molar-refractivity contribution is 6.16. The van der Waals surface area contributed by atoms with Gasteiger partial charge >= 0.3 is 0 Å². The Labute approximate surface area is 348 Å². The molecule has 10 aromatic rings. The Balaban J connectivity index is 1.03. The van der Waals surface area contributed by atoms with E-state index in [0.717, 1.165) is 57.2 Å². The molecule has 4 saturated carbocycles. The van der Waals surface area contributed by atoms with Gasteiger partial charge in [0.25, 0.3) is 0 Å². The minimum atomic E-state index is 0.116. The molecule has 15 rings (SSSR count). The number of nitrogens with zero attached hydrogens (tertiary/aromatic N) is 3. The van der Waals surface area contributed by atoms with Gasteiger partial charge in [0, 0.05) is 32.7 Å². The van der Waals surface area contributed by atoms with Crippen molar-refractivity contribution in [1.82, 2.24) is 14.5 Å². The summed E-state index contributed by atoms with van der Waals surface area (Å²) in [5, 5.41) is 7.60. The first kappa shape index (κ1) is 32.3. The summed E-state index contributed by atoms with van der Waals surface area (Å²) >= 11 is 0. The Morgan fingerprint density at radius 3 is 1.90 bits per heavy atom. The summed E-state index contributed by atoms with van der Waals surface area (Å²) in [5.41, 5.74) is 16.4. The van der Waals surface area contributed by atoms with E-state index >= 15 is 0 Å². The second-order valence-corrected chi connectivity index (χ2v) is 19.0. The molecule has 4 unspecified atom stereocenters. The van der Waals surface area contributed by atoms with E-state index in [1.165, 1.54) is 92.3 Å². The number of rotatable bonds is 3. The van der Waals surface area contributed by atoms with E-state index in [4.69, 9.17) is 9.97 Å². The van der Waals surface area contributed by atoms with E-state index in [0.29, 0.717) is 5.41 Å². The summed E-state index contributed by atoms with van der Waals surface area (Å²) < 4.78 is 2.62. The van der Waals surface area contributed by atoms with Crippen molar-refractivity contribution in [2.24, 2.45) is 29.1 Å². The van der Waals surface area contributed by atoms with Crippen LogP contribution in [0.25, 0.3) is 93.7 Å². The highest BCUT2D eigenvalue weighted by Crippen LogP contribution is 2.85. The lowest BCUT2D eigenvalue weighted by molar-refractivity contribution is -0.0819. The predicted octanol–water partition coefficient (Wildman–Crippen LogP) is 14.1. The van der Waals surface area contributed by atoms with Crippen LogP contribution in [0.5, 0.6) is 0 Å². The molecule has 8 aromatic carbocycles. The second-order valence-electron chi connectivity index (χ2n) is 19.0. The van der Waals surface area contributed by atoms with Crippen molar-refractivity contribution in [1.29, 1.82) is 0 Å². The van der Waals surface area contributed by atoms with Crippen LogP contribution in [-0.2, 0) is 5.41 Å². The standard InChI is InChI=1S/C57H41N3/c1-2-12-35(13-3-1)54-55(59-48-22-9-8-21-47(48)58-54)41-19-10-18-40-38(41)17-11-23-49(40)60-50-28-37-15-5-4-14-36(37)27-43(50)44-29-42-39-16-6-7-20-45(39)57(46(42)30-51(44)60)52-25-33-24-34-26-53(57)56(52,31-33)32-34/h1-23,27-30,33-34,52-53H,24-26,31-32H2. The maximum absolute atomic E-state index is 5.38. The molecule has 284 valence electrons. The first-order chi connectivity index (χ1) is 29.7. The first-order valence-electron chi connectivity index (χ1n) is 22.1. The maximum atomic E-state index is 5.38. The van der Waals surface area contributed by atoms with Crippen LogP contribution in [0.1, 0.15) is 43.2 Å². The van der Waals surface area contributed by atoms with Gasteiger partial charge in [-0.25, -0.2) is 9.97 Å². The SMILES string of the molecule is c1ccc(-c2nc3ccccc3nc2-c2cccc3c(-n4c5cc6c(cc5c5cc7ccccc7cc54)-c4ccccc4C64C5CC6CC7CC4C5(C6)C7)cccc23)cc1. The topological polar surface area (TPSA) is 30.7 Å². The predicted molar refractivity (Wildman–Crippen MR) is 245 cm³/mol. The minimum Gasteiger partial charge on any atom is -0.309 e. The van der Waals surface area contributed by atoms with E-state index in [9.17, 15) is 0 Å². The third-order valence-corrected chi connectivity index (χ3v) is 16.5. The molecule has 5 aliphatic carbocycles. The third-order valence-electron chi connectivity index (χ3n) is 16.5. The molecule has 2 aromatic heterocycles. The van der Waals surface area contributed by atoms with Gasteiger partial charge in [0.15, 0.2) is 0 Å². The minimum absolute atomic E-state index is 0.116. The molecule has 4 fully saturated rings. The molecule has 0 aliphatic heterocycles. The zero-order valence-electron chi connectivity index (χ0n) is 33.3. The van der Waals surface area contributed by atoms with Gasteiger partial charge in [-0.05, 0) is 142 Å². The largest absolute Gasteiger partial charge is 0.309 e. The van der Waals surface area contributed by atoms with E-state index in [1.807, 2.05) is 6.07 Å². The molecular weight excluding hydrogens is 727 g/mol. The number of aromatic nitrogens is 3. The zero-order chi connectivity index (χ0) is 38.9. The number of hydrogen-bond donors (Lipinski definition) is 0. The van der Waals surface area contributed by atoms with Crippen molar-refractivity contribution in [2.75, 3.05) is 0 Å². The molecule has 3 bridgehead atoms. The van der Waals surface area contributed by atoms with Crippen LogP contribution in [0.15, 0.2) is 164 Å². The quantitative estimate of drug-likeness (QED) is 0.179. The molecule has 0 saturated heterocycles. The highest BCUT2D eigenvalue weighted by Gasteiger charge is 2.79. The van der Waals surface area contributed by atoms with Crippen LogP contribution < -0.4 is 0 Å². The number of benzene rings is 8. The van der Waals surface area contributed by atoms with Crippen molar-refractivity contribution < 1.29 is 0 Å². The molecule has 2 spiro atoms. The van der Waals surface area contributed by atoms with Gasteiger partial charge in [-0.3, -0.25) is 0 Å². The van der Waals surface area contributed by atoms with Gasteiger partial charge in [0.2, 0.25) is 0 Å². The number of fused-ring (bicyclic) bond motifs is 15. The molecule has 0 amide bonds. The fourth-order valence-corrected chi connectivity index (χ4v) is 14.8. The average molecular weight is 768 g/mol. The Bertz CT molecular complexity index is 3500. The van der Waals surface area contributed by atoms with Gasteiger partial charge in [0.05, 0.1) is 39.1 Å². The van der Waals surface area contributed by atoms with Crippen LogP contribution in [0.4, 0.5) is 0 Å². The highest BCUT2D eigenvalue weighted by atomic mass is 15.0. The average Bonchev–Trinajstić information content (AvgIpc) is 3.93. The Morgan fingerprint density at radius 1 is 0.450 bits per heavy atom. The van der Waals surface area contributed by atoms with Crippen LogP contribution in [0.2, 0.25) is 0 Å². The fourth-order valence-electron chi connectivity index (χ4n) is 14.8. The maximum Gasteiger partial charge on any atom is 0.0979 e. The summed E-state index contributed by atoms with van der Waals surface area (Å²) in [5.74, 6) is 3.32. The summed E-state index contributed by atoms with van der Waals surface area (Å²) in [6, 6.07) is 61.1. The van der Waals surface area contributed by atoms with E-state index in [-0.39, 0.29) is 5.41 Å². The van der Waals surface area contributed by atoms with Gasteiger partial charge in [-0.15, -0.1) is 0 Å². The summed E-state index contributed by atoms with van der Waals surface area (Å²) in [7, 11) is 0. The zero-order valence-corrected chi connectivity index (χ0v) is 33.3. The van der Waals surface area contributed by atoms with Crippen molar-refractivity contribution in [3.05, 3.63) is 175 Å². The van der Waals surface area contributed by atoms with E-state index < -0.39 is 0 Å². The Kier molecular flexibility index (Phi) is 6.01. The number of hydrogen-bond acceptors (Lipinski definition) is 2. The third kappa shape index (κ3) is 3.84. The van der Waals surface area contributed by atoms with Gasteiger partial charge in [-0.2, -0.15) is 0 Å². The van der Waals surface area contributed by atoms with Crippen LogP contribution in [0, 0.1) is 29.1 Å². The lowest BCUT2D eigenvalue weighted by Crippen LogP contribution is -2.62. The molecule has 4 atom stereocenters. The summed E-state index contributed by atoms with van der Waals surface area (Å²) in [6.45, 7) is 0. The second kappa shape index (κ2) is 11.2. The molecule has 5 aliphatic rings. The molecular formula is C57H41N3. The monoisotopic (exact) mass is 767 g/mol. The first-order valence-corrected chi connectivity index (χ1v) is 22.1. The molecule has 2 heterocycles. The molecule has 3 nitrogen and oxygen atoms in total. The van der Waals surface area contributed by atoms with Gasteiger partial charge in [0.1, 0.15) is 0 Å². The van der Waals surface area contributed by atoms with Gasteiger partial charge in [-0.1, -0.05) is 121 Å². The van der Waals surface area contributed by atoms with Crippen LogP contribution in [-0.4, -0.2) is 14.5 Å². The lowest BCUT2D eigenvalue weighted by Gasteiger charge is -2.64. The van der Waals surface area contributed by atoms with Crippen molar-refractivity contribution in [2.45, 2.75) is 37.5 Å². The van der Waals surface area contributed by atoms with Crippen molar-refractivity contribution in [3.8, 4) is 39.3 Å². The lowest BCUT2D eigenvalue weighted by atomic mass is 9.38. The molecule has 3 heteroatoms. The Morgan fingerprint density at radius 2 is 1.08 bits per heavy atom. The molecule has 60 heavy (non-hydrogen) atoms.